The van der Waals surface area contributed by atoms with Gasteiger partial charge in [0, 0.05) is 12.4 Å². The maximum Gasteiger partial charge on any atom is 0.316 e. The zero-order valence-electron chi connectivity index (χ0n) is 7.86. The lowest BCUT2D eigenvalue weighted by Crippen LogP contribution is -2.11. The van der Waals surface area contributed by atoms with Gasteiger partial charge in [-0.2, -0.15) is 0 Å². The fourth-order valence-electron chi connectivity index (χ4n) is 1.04. The maximum absolute atomic E-state index is 10.7. The first-order valence-electron chi connectivity index (χ1n) is 4.22. The second kappa shape index (κ2) is 3.85. The summed E-state index contributed by atoms with van der Waals surface area (Å²) in [6.45, 7) is 1.61. The van der Waals surface area contributed by atoms with Crippen molar-refractivity contribution in [3.63, 3.8) is 0 Å². The molecular formula is C8H8N4O2S. The summed E-state index contributed by atoms with van der Waals surface area (Å²) >= 11 is 1.15. The van der Waals surface area contributed by atoms with Gasteiger partial charge >= 0.3 is 5.97 Å². The Balaban J connectivity index is 2.35. The van der Waals surface area contributed by atoms with E-state index in [-0.39, 0.29) is 0 Å². The van der Waals surface area contributed by atoms with Crippen LogP contribution >= 0.6 is 11.8 Å². The molecule has 0 radical (unpaired) electrons. The quantitative estimate of drug-likeness (QED) is 0.772. The summed E-state index contributed by atoms with van der Waals surface area (Å²) in [4.78, 5) is 14.8. The minimum atomic E-state index is -0.872. The van der Waals surface area contributed by atoms with Gasteiger partial charge in [-0.15, -0.1) is 10.2 Å². The van der Waals surface area contributed by atoms with Crippen LogP contribution in [0.25, 0.3) is 5.65 Å². The topological polar surface area (TPSA) is 80.4 Å². The fraction of sp³-hybridized carbons (Fsp3) is 0.250. The lowest BCUT2D eigenvalue weighted by atomic mass is 10.5. The minimum absolute atomic E-state index is 0.555. The first-order chi connectivity index (χ1) is 7.18. The smallest absolute Gasteiger partial charge is 0.316 e. The van der Waals surface area contributed by atoms with E-state index in [9.17, 15) is 4.79 Å². The average molecular weight is 224 g/mol. The Kier molecular flexibility index (Phi) is 2.55. The van der Waals surface area contributed by atoms with E-state index >= 15 is 0 Å². The van der Waals surface area contributed by atoms with Gasteiger partial charge in [-0.3, -0.25) is 9.20 Å². The first kappa shape index (κ1) is 9.91. The molecule has 0 aliphatic carbocycles. The molecule has 0 aliphatic rings. The monoisotopic (exact) mass is 224 g/mol. The summed E-state index contributed by atoms with van der Waals surface area (Å²) in [7, 11) is 0. The predicted octanol–water partition coefficient (Wildman–Crippen LogP) is 0.689. The molecule has 0 saturated carbocycles. The molecule has 15 heavy (non-hydrogen) atoms. The highest BCUT2D eigenvalue weighted by Crippen LogP contribution is 2.23. The van der Waals surface area contributed by atoms with E-state index < -0.39 is 11.2 Å². The average Bonchev–Trinajstić information content (AvgIpc) is 2.66. The van der Waals surface area contributed by atoms with Crippen molar-refractivity contribution in [2.75, 3.05) is 0 Å². The number of thioether (sulfide) groups is 1. The van der Waals surface area contributed by atoms with Crippen molar-refractivity contribution < 1.29 is 9.90 Å². The second-order valence-electron chi connectivity index (χ2n) is 2.89. The molecule has 0 bridgehead atoms. The molecule has 2 rings (SSSR count). The molecule has 2 aromatic heterocycles. The molecule has 6 nitrogen and oxygen atoms in total. The molecule has 0 spiro atoms. The Labute approximate surface area is 89.4 Å². The van der Waals surface area contributed by atoms with Gasteiger partial charge in [0.1, 0.15) is 16.6 Å². The third-order valence-electron chi connectivity index (χ3n) is 1.82. The van der Waals surface area contributed by atoms with E-state index in [1.54, 1.807) is 30.0 Å². The summed E-state index contributed by atoms with van der Waals surface area (Å²) in [6.07, 6.45) is 4.85. The Bertz CT molecular complexity index is 498. The SMILES string of the molecule is CC(Sc1nccn2cnnc12)C(=O)O. The number of carbonyl (C=O) groups is 1. The van der Waals surface area contributed by atoms with Crippen LogP contribution in [-0.4, -0.2) is 35.9 Å². The normalized spacial score (nSPS) is 12.9. The van der Waals surface area contributed by atoms with Gasteiger partial charge in [-0.1, -0.05) is 11.8 Å². The summed E-state index contributed by atoms with van der Waals surface area (Å²) < 4.78 is 1.70. The van der Waals surface area contributed by atoms with Crippen LogP contribution in [0.4, 0.5) is 0 Å². The number of aromatic nitrogens is 4. The highest BCUT2D eigenvalue weighted by Gasteiger charge is 2.16. The Morgan fingerprint density at radius 3 is 3.20 bits per heavy atom. The van der Waals surface area contributed by atoms with Crippen molar-refractivity contribution in [3.05, 3.63) is 18.7 Å². The van der Waals surface area contributed by atoms with Crippen molar-refractivity contribution in [3.8, 4) is 0 Å². The molecule has 0 amide bonds. The van der Waals surface area contributed by atoms with Gasteiger partial charge in [0.25, 0.3) is 0 Å². The van der Waals surface area contributed by atoms with E-state index in [2.05, 4.69) is 15.2 Å². The van der Waals surface area contributed by atoms with E-state index in [0.29, 0.717) is 10.7 Å². The third-order valence-corrected chi connectivity index (χ3v) is 2.89. The summed E-state index contributed by atoms with van der Waals surface area (Å²) in [6, 6.07) is 0. The van der Waals surface area contributed by atoms with Crippen molar-refractivity contribution in [2.24, 2.45) is 0 Å². The summed E-state index contributed by atoms with van der Waals surface area (Å²) in [5, 5.41) is 16.4. The van der Waals surface area contributed by atoms with Crippen molar-refractivity contribution in [1.29, 1.82) is 0 Å². The number of fused-ring (bicyclic) bond motifs is 1. The van der Waals surface area contributed by atoms with E-state index in [4.69, 9.17) is 5.11 Å². The number of hydrogen-bond acceptors (Lipinski definition) is 5. The van der Waals surface area contributed by atoms with Gasteiger partial charge < -0.3 is 5.11 Å². The molecule has 2 aromatic rings. The molecule has 2 heterocycles. The Hall–Kier alpha value is -1.63. The highest BCUT2D eigenvalue weighted by atomic mass is 32.2. The Morgan fingerprint density at radius 1 is 1.67 bits per heavy atom. The van der Waals surface area contributed by atoms with Crippen LogP contribution in [0.5, 0.6) is 0 Å². The molecule has 1 unspecified atom stereocenters. The molecule has 0 aromatic carbocycles. The molecule has 1 atom stereocenters. The van der Waals surface area contributed by atoms with Crippen LogP contribution in [0.1, 0.15) is 6.92 Å². The molecule has 78 valence electrons. The van der Waals surface area contributed by atoms with Gasteiger partial charge in [0.15, 0.2) is 5.65 Å². The first-order valence-corrected chi connectivity index (χ1v) is 5.10. The minimum Gasteiger partial charge on any atom is -0.480 e. The van der Waals surface area contributed by atoms with Crippen LogP contribution in [0.3, 0.4) is 0 Å². The zero-order chi connectivity index (χ0) is 10.8. The van der Waals surface area contributed by atoms with Crippen LogP contribution < -0.4 is 0 Å². The number of nitrogens with zero attached hydrogens (tertiary/aromatic N) is 4. The van der Waals surface area contributed by atoms with Crippen LogP contribution in [-0.2, 0) is 4.79 Å². The van der Waals surface area contributed by atoms with Gasteiger partial charge in [-0.25, -0.2) is 4.98 Å². The Morgan fingerprint density at radius 2 is 2.47 bits per heavy atom. The third kappa shape index (κ3) is 1.91. The molecule has 0 aliphatic heterocycles. The van der Waals surface area contributed by atoms with Crippen molar-refractivity contribution >= 4 is 23.4 Å². The predicted molar refractivity (Wildman–Crippen MR) is 53.7 cm³/mol. The van der Waals surface area contributed by atoms with Gasteiger partial charge in [-0.05, 0) is 6.92 Å². The lowest BCUT2D eigenvalue weighted by molar-refractivity contribution is -0.136. The number of carboxylic acid groups (broad SMARTS) is 1. The number of carboxylic acids is 1. The zero-order valence-corrected chi connectivity index (χ0v) is 8.68. The second-order valence-corrected chi connectivity index (χ2v) is 4.22. The molecule has 7 heteroatoms. The number of aliphatic carboxylic acids is 1. The van der Waals surface area contributed by atoms with Crippen molar-refractivity contribution in [2.45, 2.75) is 17.2 Å². The van der Waals surface area contributed by atoms with Crippen LogP contribution in [0.2, 0.25) is 0 Å². The van der Waals surface area contributed by atoms with E-state index in [1.165, 1.54) is 0 Å². The standard InChI is InChI=1S/C8H8N4O2S/c1-5(8(13)14)15-7-6-11-10-4-12(6)3-2-9-7/h2-5H,1H3,(H,13,14). The maximum atomic E-state index is 10.7. The molecule has 1 N–H and O–H groups in total. The van der Waals surface area contributed by atoms with Crippen molar-refractivity contribution in [1.82, 2.24) is 19.6 Å². The molecular weight excluding hydrogens is 216 g/mol. The van der Waals surface area contributed by atoms with E-state index in [1.807, 2.05) is 0 Å². The number of rotatable bonds is 3. The molecule has 0 saturated heterocycles. The summed E-state index contributed by atoms with van der Waals surface area (Å²) in [5.74, 6) is -0.872. The van der Waals surface area contributed by atoms with Gasteiger partial charge in [0.2, 0.25) is 0 Å². The lowest BCUT2D eigenvalue weighted by Gasteiger charge is -2.04. The van der Waals surface area contributed by atoms with Gasteiger partial charge in [0.05, 0.1) is 0 Å². The fourth-order valence-corrected chi connectivity index (χ4v) is 1.85. The largest absolute Gasteiger partial charge is 0.480 e. The van der Waals surface area contributed by atoms with Crippen LogP contribution in [0, 0.1) is 0 Å². The highest BCUT2D eigenvalue weighted by molar-refractivity contribution is 8.00. The van der Waals surface area contributed by atoms with Crippen LogP contribution in [0.15, 0.2) is 23.7 Å². The number of hydrogen-bond donors (Lipinski definition) is 1. The van der Waals surface area contributed by atoms with E-state index in [0.717, 1.165) is 11.8 Å². The summed E-state index contributed by atoms with van der Waals surface area (Å²) in [5.41, 5.74) is 0.579. The molecule has 0 fully saturated rings.